The van der Waals surface area contributed by atoms with Gasteiger partial charge in [-0.25, -0.2) is 9.18 Å². The number of aromatic carboxylic acids is 1. The number of halogens is 3. The summed E-state index contributed by atoms with van der Waals surface area (Å²) in [5.41, 5.74) is -0.0504. The molecule has 0 atom stereocenters. The van der Waals surface area contributed by atoms with Crippen molar-refractivity contribution in [2.24, 2.45) is 0 Å². The van der Waals surface area contributed by atoms with E-state index in [1.165, 1.54) is 12.1 Å². The Morgan fingerprint density at radius 3 is 2.52 bits per heavy atom. The maximum atomic E-state index is 13.3. The maximum Gasteiger partial charge on any atom is 0.338 e. The minimum absolute atomic E-state index is 0.176. The van der Waals surface area contributed by atoms with E-state index in [0.717, 1.165) is 12.1 Å². The predicted molar refractivity (Wildman–Crippen MR) is 80.5 cm³/mol. The number of carbonyl (C=O) groups excluding carboxylic acids is 1. The summed E-state index contributed by atoms with van der Waals surface area (Å²) in [7, 11) is 0. The van der Waals surface area contributed by atoms with Crippen LogP contribution in [0.5, 0.6) is 0 Å². The van der Waals surface area contributed by atoms with Gasteiger partial charge in [-0.1, -0.05) is 27.5 Å². The second kappa shape index (κ2) is 6.24. The van der Waals surface area contributed by atoms with Crippen molar-refractivity contribution in [2.75, 3.05) is 5.32 Å². The summed E-state index contributed by atoms with van der Waals surface area (Å²) >= 11 is 9.06. The Balaban J connectivity index is 2.27. The zero-order valence-corrected chi connectivity index (χ0v) is 12.7. The number of carboxylic acids is 1. The molecule has 0 aromatic heterocycles. The highest BCUT2D eigenvalue weighted by atomic mass is 79.9. The Labute approximate surface area is 132 Å². The quantitative estimate of drug-likeness (QED) is 0.849. The van der Waals surface area contributed by atoms with Gasteiger partial charge in [-0.3, -0.25) is 4.79 Å². The average molecular weight is 373 g/mol. The standard InChI is InChI=1S/C14H8BrClFNO3/c15-8-3-7(4-9(16)5-8)13(19)18-10-1-2-12(17)11(6-10)14(20)21/h1-6H,(H,18,19)(H,20,21). The van der Waals surface area contributed by atoms with E-state index in [0.29, 0.717) is 9.50 Å². The van der Waals surface area contributed by atoms with Gasteiger partial charge in [0.05, 0.1) is 5.56 Å². The summed E-state index contributed by atoms with van der Waals surface area (Å²) in [5.74, 6) is -2.76. The topological polar surface area (TPSA) is 66.4 Å². The van der Waals surface area contributed by atoms with Crippen LogP contribution in [0.2, 0.25) is 5.02 Å². The highest BCUT2D eigenvalue weighted by Gasteiger charge is 2.13. The van der Waals surface area contributed by atoms with E-state index in [1.54, 1.807) is 12.1 Å². The molecule has 2 aromatic carbocycles. The lowest BCUT2D eigenvalue weighted by Gasteiger charge is -2.07. The van der Waals surface area contributed by atoms with E-state index in [9.17, 15) is 14.0 Å². The van der Waals surface area contributed by atoms with Gasteiger partial charge in [-0.05, 0) is 36.4 Å². The molecule has 0 radical (unpaired) electrons. The Morgan fingerprint density at radius 1 is 1.19 bits per heavy atom. The van der Waals surface area contributed by atoms with Crippen LogP contribution in [0, 0.1) is 5.82 Å². The predicted octanol–water partition coefficient (Wildman–Crippen LogP) is 4.19. The normalized spacial score (nSPS) is 10.2. The first-order chi connectivity index (χ1) is 9.86. The molecule has 0 saturated heterocycles. The lowest BCUT2D eigenvalue weighted by Crippen LogP contribution is -2.13. The van der Waals surface area contributed by atoms with Crippen LogP contribution in [-0.2, 0) is 0 Å². The number of amides is 1. The summed E-state index contributed by atoms with van der Waals surface area (Å²) in [4.78, 5) is 22.9. The molecular formula is C14H8BrClFNO3. The second-order valence-electron chi connectivity index (χ2n) is 4.11. The van der Waals surface area contributed by atoms with Crippen molar-refractivity contribution >= 4 is 45.1 Å². The van der Waals surface area contributed by atoms with Crippen molar-refractivity contribution in [1.29, 1.82) is 0 Å². The Morgan fingerprint density at radius 2 is 1.90 bits per heavy atom. The van der Waals surface area contributed by atoms with Crippen LogP contribution in [-0.4, -0.2) is 17.0 Å². The van der Waals surface area contributed by atoms with Crippen molar-refractivity contribution in [3.63, 3.8) is 0 Å². The van der Waals surface area contributed by atoms with Gasteiger partial charge in [-0.2, -0.15) is 0 Å². The van der Waals surface area contributed by atoms with Crippen molar-refractivity contribution < 1.29 is 19.1 Å². The number of hydrogen-bond donors (Lipinski definition) is 2. The fraction of sp³-hybridized carbons (Fsp3) is 0. The number of benzene rings is 2. The number of rotatable bonds is 3. The Kier molecular flexibility index (Phi) is 4.59. The third kappa shape index (κ3) is 3.80. The number of carbonyl (C=O) groups is 2. The number of carboxylic acid groups (broad SMARTS) is 1. The third-order valence-corrected chi connectivity index (χ3v) is 3.26. The van der Waals surface area contributed by atoms with Gasteiger partial charge in [-0.15, -0.1) is 0 Å². The molecule has 0 aliphatic heterocycles. The largest absolute Gasteiger partial charge is 0.478 e. The first kappa shape index (κ1) is 15.5. The molecule has 4 nitrogen and oxygen atoms in total. The molecule has 0 aliphatic rings. The summed E-state index contributed by atoms with van der Waals surface area (Å²) in [6, 6.07) is 7.95. The molecule has 2 rings (SSSR count). The molecular weight excluding hydrogens is 365 g/mol. The van der Waals surface area contributed by atoms with Gasteiger partial charge < -0.3 is 10.4 Å². The van der Waals surface area contributed by atoms with Crippen LogP contribution in [0.3, 0.4) is 0 Å². The van der Waals surface area contributed by atoms with Crippen LogP contribution < -0.4 is 5.32 Å². The summed E-state index contributed by atoms with van der Waals surface area (Å²) in [5, 5.41) is 11.7. The Bertz CT molecular complexity index is 716. The van der Waals surface area contributed by atoms with Crippen molar-refractivity contribution in [2.45, 2.75) is 0 Å². The fourth-order valence-electron chi connectivity index (χ4n) is 1.66. The fourth-order valence-corrected chi connectivity index (χ4v) is 2.52. The van der Waals surface area contributed by atoms with Crippen LogP contribution >= 0.6 is 27.5 Å². The van der Waals surface area contributed by atoms with Gasteiger partial charge in [0.15, 0.2) is 0 Å². The summed E-state index contributed by atoms with van der Waals surface area (Å²) < 4.78 is 13.9. The zero-order valence-electron chi connectivity index (χ0n) is 10.4. The van der Waals surface area contributed by atoms with E-state index in [-0.39, 0.29) is 11.3 Å². The van der Waals surface area contributed by atoms with Gasteiger partial charge in [0.25, 0.3) is 5.91 Å². The van der Waals surface area contributed by atoms with Gasteiger partial charge >= 0.3 is 5.97 Å². The molecule has 0 bridgehead atoms. The van der Waals surface area contributed by atoms with Crippen molar-refractivity contribution in [3.8, 4) is 0 Å². The van der Waals surface area contributed by atoms with Crippen LogP contribution in [0.1, 0.15) is 20.7 Å². The van der Waals surface area contributed by atoms with Crippen molar-refractivity contribution in [1.82, 2.24) is 0 Å². The SMILES string of the molecule is O=C(Nc1ccc(F)c(C(=O)O)c1)c1cc(Cl)cc(Br)c1. The van der Waals surface area contributed by atoms with Gasteiger partial charge in [0.2, 0.25) is 0 Å². The lowest BCUT2D eigenvalue weighted by atomic mass is 10.1. The van der Waals surface area contributed by atoms with E-state index in [1.807, 2.05) is 0 Å². The molecule has 108 valence electrons. The van der Waals surface area contributed by atoms with Crippen molar-refractivity contribution in [3.05, 3.63) is 62.8 Å². The smallest absolute Gasteiger partial charge is 0.338 e. The van der Waals surface area contributed by atoms with Gasteiger partial charge in [0.1, 0.15) is 5.82 Å². The molecule has 0 saturated carbocycles. The first-order valence-corrected chi connectivity index (χ1v) is 6.84. The van der Waals surface area contributed by atoms with E-state index >= 15 is 0 Å². The highest BCUT2D eigenvalue weighted by Crippen LogP contribution is 2.21. The molecule has 1 amide bonds. The zero-order chi connectivity index (χ0) is 15.6. The number of hydrogen-bond acceptors (Lipinski definition) is 2. The molecule has 0 unspecified atom stereocenters. The van der Waals surface area contributed by atoms with E-state index in [4.69, 9.17) is 16.7 Å². The van der Waals surface area contributed by atoms with Gasteiger partial charge in [0, 0.05) is 20.7 Å². The van der Waals surface area contributed by atoms with Crippen LogP contribution in [0.15, 0.2) is 40.9 Å². The van der Waals surface area contributed by atoms with E-state index in [2.05, 4.69) is 21.2 Å². The third-order valence-electron chi connectivity index (χ3n) is 2.58. The summed E-state index contributed by atoms with van der Waals surface area (Å²) in [6.07, 6.45) is 0. The molecule has 0 aliphatic carbocycles. The number of anilines is 1. The highest BCUT2D eigenvalue weighted by molar-refractivity contribution is 9.10. The molecule has 0 heterocycles. The first-order valence-electron chi connectivity index (χ1n) is 5.67. The molecule has 2 N–H and O–H groups in total. The number of nitrogens with one attached hydrogen (secondary N) is 1. The summed E-state index contributed by atoms with van der Waals surface area (Å²) in [6.45, 7) is 0. The Hall–Kier alpha value is -1.92. The molecule has 0 fully saturated rings. The lowest BCUT2D eigenvalue weighted by molar-refractivity contribution is 0.0691. The molecule has 0 spiro atoms. The minimum atomic E-state index is -1.41. The average Bonchev–Trinajstić information content (AvgIpc) is 2.39. The monoisotopic (exact) mass is 371 g/mol. The second-order valence-corrected chi connectivity index (χ2v) is 5.46. The van der Waals surface area contributed by atoms with Crippen LogP contribution in [0.4, 0.5) is 10.1 Å². The minimum Gasteiger partial charge on any atom is -0.478 e. The van der Waals surface area contributed by atoms with Crippen LogP contribution in [0.25, 0.3) is 0 Å². The maximum absolute atomic E-state index is 13.3. The van der Waals surface area contributed by atoms with E-state index < -0.39 is 23.3 Å². The molecule has 2 aromatic rings. The molecule has 21 heavy (non-hydrogen) atoms. The molecule has 7 heteroatoms.